The Labute approximate surface area is 158 Å². The highest BCUT2D eigenvalue weighted by molar-refractivity contribution is 7.89. The summed E-state index contributed by atoms with van der Waals surface area (Å²) in [5, 5.41) is 3.71. The fraction of sp³-hybridized carbons (Fsp3) is 0.100. The van der Waals surface area contributed by atoms with E-state index in [0.29, 0.717) is 11.3 Å². The van der Waals surface area contributed by atoms with Crippen molar-refractivity contribution in [3.63, 3.8) is 0 Å². The van der Waals surface area contributed by atoms with Crippen LogP contribution in [0.5, 0.6) is 0 Å². The molecule has 1 aromatic heterocycles. The van der Waals surface area contributed by atoms with E-state index in [0.717, 1.165) is 16.5 Å². The minimum atomic E-state index is -3.62. The molecule has 3 aromatic rings. The van der Waals surface area contributed by atoms with E-state index in [1.807, 2.05) is 25.1 Å². The number of aromatic nitrogens is 1. The second-order valence-electron chi connectivity index (χ2n) is 5.95. The van der Waals surface area contributed by atoms with Gasteiger partial charge in [0.15, 0.2) is 0 Å². The molecule has 1 heterocycles. The minimum Gasteiger partial charge on any atom is -0.321 e. The molecule has 0 fully saturated rings. The maximum atomic E-state index is 12.6. The molecule has 2 N–H and O–H groups in total. The van der Waals surface area contributed by atoms with Gasteiger partial charge in [-0.1, -0.05) is 24.3 Å². The van der Waals surface area contributed by atoms with Gasteiger partial charge in [0.05, 0.1) is 16.1 Å². The Morgan fingerprint density at radius 3 is 2.59 bits per heavy atom. The molecule has 0 aliphatic rings. The summed E-state index contributed by atoms with van der Waals surface area (Å²) in [5.74, 6) is -0.327. The molecule has 7 heteroatoms. The zero-order valence-corrected chi connectivity index (χ0v) is 15.6. The SMILES string of the molecule is C=CCNS(=O)(=O)c1ccc(C(=O)Nc2ccnc3c(C)cccc23)cc1. The number of anilines is 1. The Morgan fingerprint density at radius 1 is 1.15 bits per heavy atom. The molecule has 0 aliphatic carbocycles. The molecule has 0 saturated carbocycles. The Morgan fingerprint density at radius 2 is 1.89 bits per heavy atom. The van der Waals surface area contributed by atoms with Gasteiger partial charge in [-0.15, -0.1) is 6.58 Å². The largest absolute Gasteiger partial charge is 0.321 e. The lowest BCUT2D eigenvalue weighted by Gasteiger charge is -2.10. The van der Waals surface area contributed by atoms with Crippen molar-refractivity contribution in [2.24, 2.45) is 0 Å². The number of hydrogen-bond donors (Lipinski definition) is 2. The number of hydrogen-bond acceptors (Lipinski definition) is 4. The smallest absolute Gasteiger partial charge is 0.255 e. The normalized spacial score (nSPS) is 11.3. The van der Waals surface area contributed by atoms with Crippen LogP contribution in [0.15, 0.2) is 72.3 Å². The predicted molar refractivity (Wildman–Crippen MR) is 106 cm³/mol. The lowest BCUT2D eigenvalue weighted by Crippen LogP contribution is -2.23. The number of nitrogens with one attached hydrogen (secondary N) is 2. The number of benzene rings is 2. The number of aryl methyl sites for hydroxylation is 1. The highest BCUT2D eigenvalue weighted by Crippen LogP contribution is 2.24. The molecule has 0 aliphatic heterocycles. The second-order valence-corrected chi connectivity index (χ2v) is 7.72. The average Bonchev–Trinajstić information content (AvgIpc) is 2.67. The fourth-order valence-corrected chi connectivity index (χ4v) is 3.66. The first kappa shape index (κ1) is 18.8. The van der Waals surface area contributed by atoms with E-state index in [2.05, 4.69) is 21.6 Å². The molecular weight excluding hydrogens is 362 g/mol. The number of carbonyl (C=O) groups is 1. The molecule has 27 heavy (non-hydrogen) atoms. The van der Waals surface area contributed by atoms with Crippen LogP contribution in [0, 0.1) is 6.92 Å². The molecule has 0 unspecified atom stereocenters. The monoisotopic (exact) mass is 381 g/mol. The first-order valence-electron chi connectivity index (χ1n) is 8.28. The van der Waals surface area contributed by atoms with E-state index in [9.17, 15) is 13.2 Å². The van der Waals surface area contributed by atoms with Gasteiger partial charge in [-0.2, -0.15) is 0 Å². The Bertz CT molecular complexity index is 1110. The van der Waals surface area contributed by atoms with E-state index >= 15 is 0 Å². The van der Waals surface area contributed by atoms with Crippen LogP contribution < -0.4 is 10.0 Å². The molecule has 1 amide bonds. The van der Waals surface area contributed by atoms with Crippen molar-refractivity contribution in [2.45, 2.75) is 11.8 Å². The topological polar surface area (TPSA) is 88.2 Å². The van der Waals surface area contributed by atoms with Crippen LogP contribution in [0.2, 0.25) is 0 Å². The van der Waals surface area contributed by atoms with Crippen molar-refractivity contribution in [3.8, 4) is 0 Å². The molecule has 2 aromatic carbocycles. The van der Waals surface area contributed by atoms with Gasteiger partial charge in [0, 0.05) is 23.7 Å². The van der Waals surface area contributed by atoms with E-state index < -0.39 is 10.0 Å². The van der Waals surface area contributed by atoms with Crippen LogP contribution in [0.25, 0.3) is 10.9 Å². The van der Waals surface area contributed by atoms with E-state index in [1.54, 1.807) is 12.3 Å². The summed E-state index contributed by atoms with van der Waals surface area (Å²) in [7, 11) is -3.62. The Kier molecular flexibility index (Phi) is 5.34. The number of pyridine rings is 1. The van der Waals surface area contributed by atoms with Gasteiger partial charge in [0.2, 0.25) is 10.0 Å². The molecule has 3 rings (SSSR count). The first-order valence-corrected chi connectivity index (χ1v) is 9.77. The molecular formula is C20H19N3O3S. The zero-order valence-electron chi connectivity index (χ0n) is 14.8. The van der Waals surface area contributed by atoms with Crippen molar-refractivity contribution in [1.82, 2.24) is 9.71 Å². The van der Waals surface area contributed by atoms with Gasteiger partial charge in [-0.3, -0.25) is 9.78 Å². The number of rotatable bonds is 6. The fourth-order valence-electron chi connectivity index (χ4n) is 2.66. The van der Waals surface area contributed by atoms with Gasteiger partial charge in [0.25, 0.3) is 5.91 Å². The third kappa shape index (κ3) is 4.05. The molecule has 0 atom stereocenters. The van der Waals surface area contributed by atoms with Crippen molar-refractivity contribution >= 4 is 32.5 Å². The van der Waals surface area contributed by atoms with Crippen LogP contribution >= 0.6 is 0 Å². The van der Waals surface area contributed by atoms with Crippen molar-refractivity contribution in [1.29, 1.82) is 0 Å². The summed E-state index contributed by atoms with van der Waals surface area (Å²) in [4.78, 5) is 17.0. The van der Waals surface area contributed by atoms with Crippen molar-refractivity contribution in [2.75, 3.05) is 11.9 Å². The third-order valence-corrected chi connectivity index (χ3v) is 5.50. The number of nitrogens with zero attached hydrogens (tertiary/aromatic N) is 1. The molecule has 0 bridgehead atoms. The van der Waals surface area contributed by atoms with Crippen molar-refractivity contribution in [3.05, 3.63) is 78.5 Å². The van der Waals surface area contributed by atoms with E-state index in [4.69, 9.17) is 0 Å². The molecule has 0 saturated heterocycles. The first-order chi connectivity index (χ1) is 12.9. The summed E-state index contributed by atoms with van der Waals surface area (Å²) < 4.78 is 26.5. The predicted octanol–water partition coefficient (Wildman–Crippen LogP) is 3.26. The van der Waals surface area contributed by atoms with Gasteiger partial charge < -0.3 is 5.32 Å². The quantitative estimate of drug-likeness (QED) is 0.642. The molecule has 0 spiro atoms. The average molecular weight is 381 g/mol. The van der Waals surface area contributed by atoms with Crippen LogP contribution in [-0.2, 0) is 10.0 Å². The highest BCUT2D eigenvalue weighted by atomic mass is 32.2. The van der Waals surface area contributed by atoms with Crippen LogP contribution in [0.4, 0.5) is 5.69 Å². The van der Waals surface area contributed by atoms with Crippen LogP contribution in [0.1, 0.15) is 15.9 Å². The lowest BCUT2D eigenvalue weighted by atomic mass is 10.1. The van der Waals surface area contributed by atoms with Crippen LogP contribution in [-0.4, -0.2) is 25.9 Å². The van der Waals surface area contributed by atoms with Crippen molar-refractivity contribution < 1.29 is 13.2 Å². The zero-order chi connectivity index (χ0) is 19.4. The standard InChI is InChI=1S/C20H19N3O3S/c1-3-12-22-27(25,26)16-9-7-15(8-10-16)20(24)23-18-11-13-21-19-14(2)5-4-6-17(18)19/h3-11,13,22H,1,12H2,2H3,(H,21,23,24). The summed E-state index contributed by atoms with van der Waals surface area (Å²) in [6, 6.07) is 13.2. The lowest BCUT2D eigenvalue weighted by molar-refractivity contribution is 0.102. The number of sulfonamides is 1. The van der Waals surface area contributed by atoms with E-state index in [1.165, 1.54) is 30.3 Å². The van der Waals surface area contributed by atoms with Gasteiger partial charge in [-0.05, 0) is 42.8 Å². The number of para-hydroxylation sites is 1. The maximum absolute atomic E-state index is 12.6. The summed E-state index contributed by atoms with van der Waals surface area (Å²) in [5.41, 5.74) is 2.85. The third-order valence-electron chi connectivity index (χ3n) is 4.07. The molecule has 6 nitrogen and oxygen atoms in total. The number of fused-ring (bicyclic) bond motifs is 1. The minimum absolute atomic E-state index is 0.0888. The van der Waals surface area contributed by atoms with Gasteiger partial charge >= 0.3 is 0 Å². The number of amides is 1. The number of carbonyl (C=O) groups excluding carboxylic acids is 1. The highest BCUT2D eigenvalue weighted by Gasteiger charge is 2.14. The molecule has 138 valence electrons. The summed E-state index contributed by atoms with van der Waals surface area (Å²) >= 11 is 0. The summed E-state index contributed by atoms with van der Waals surface area (Å²) in [6.45, 7) is 5.57. The van der Waals surface area contributed by atoms with Gasteiger partial charge in [0.1, 0.15) is 0 Å². The molecule has 0 radical (unpaired) electrons. The van der Waals surface area contributed by atoms with E-state index in [-0.39, 0.29) is 17.3 Å². The Hall–Kier alpha value is -3.03. The van der Waals surface area contributed by atoms with Gasteiger partial charge in [-0.25, -0.2) is 13.1 Å². The summed E-state index contributed by atoms with van der Waals surface area (Å²) in [6.07, 6.45) is 3.10. The second kappa shape index (κ2) is 7.69. The maximum Gasteiger partial charge on any atom is 0.255 e. The Balaban J connectivity index is 1.83. The van der Waals surface area contributed by atoms with Crippen LogP contribution in [0.3, 0.4) is 0 Å².